The van der Waals surface area contributed by atoms with E-state index in [1.807, 2.05) is 47.4 Å². The minimum absolute atomic E-state index is 0.0409. The molecule has 1 saturated heterocycles. The van der Waals surface area contributed by atoms with Gasteiger partial charge in [0, 0.05) is 31.5 Å². The summed E-state index contributed by atoms with van der Waals surface area (Å²) in [6, 6.07) is 18.1. The molecule has 1 saturated carbocycles. The Bertz CT molecular complexity index is 879. The quantitative estimate of drug-likeness (QED) is 0.767. The summed E-state index contributed by atoms with van der Waals surface area (Å²) in [5.41, 5.74) is 2.29. The number of likely N-dealkylation sites (tertiary alicyclic amines) is 1. The van der Waals surface area contributed by atoms with Gasteiger partial charge in [0.25, 0.3) is 0 Å². The fourth-order valence-corrected chi connectivity index (χ4v) is 4.40. The topological polar surface area (TPSA) is 58.6 Å². The van der Waals surface area contributed by atoms with Crippen LogP contribution < -0.4 is 10.1 Å². The van der Waals surface area contributed by atoms with Gasteiger partial charge in [-0.1, -0.05) is 48.5 Å². The Morgan fingerprint density at radius 3 is 2.47 bits per heavy atom. The highest BCUT2D eigenvalue weighted by Gasteiger charge is 2.39. The van der Waals surface area contributed by atoms with Crippen LogP contribution in [0.1, 0.15) is 36.3 Å². The van der Waals surface area contributed by atoms with Crippen LogP contribution in [0.2, 0.25) is 0 Å². The van der Waals surface area contributed by atoms with Crippen molar-refractivity contribution in [1.29, 1.82) is 0 Å². The van der Waals surface area contributed by atoms with Gasteiger partial charge in [0.15, 0.2) is 0 Å². The van der Waals surface area contributed by atoms with Crippen LogP contribution in [0.4, 0.5) is 0 Å². The Kier molecular flexibility index (Phi) is 6.36. The molecule has 5 nitrogen and oxygen atoms in total. The van der Waals surface area contributed by atoms with Crippen molar-refractivity contribution in [2.24, 2.45) is 11.8 Å². The van der Waals surface area contributed by atoms with E-state index in [1.54, 1.807) is 7.11 Å². The highest BCUT2D eigenvalue weighted by atomic mass is 16.5. The molecule has 0 bridgehead atoms. The van der Waals surface area contributed by atoms with Crippen LogP contribution in [-0.2, 0) is 16.0 Å². The fourth-order valence-electron chi connectivity index (χ4n) is 4.40. The number of hydrogen-bond donors (Lipinski definition) is 1. The van der Waals surface area contributed by atoms with E-state index in [1.165, 1.54) is 5.56 Å². The molecule has 2 aromatic rings. The largest absolute Gasteiger partial charge is 0.496 e. The third-order valence-electron chi connectivity index (χ3n) is 6.22. The number of amides is 2. The van der Waals surface area contributed by atoms with Crippen LogP contribution in [0.5, 0.6) is 5.75 Å². The molecule has 1 aliphatic carbocycles. The van der Waals surface area contributed by atoms with Crippen molar-refractivity contribution in [2.75, 3.05) is 26.7 Å². The van der Waals surface area contributed by atoms with E-state index < -0.39 is 0 Å². The zero-order chi connectivity index (χ0) is 20.9. The van der Waals surface area contributed by atoms with Gasteiger partial charge in [-0.3, -0.25) is 9.59 Å². The Morgan fingerprint density at radius 1 is 1.00 bits per heavy atom. The molecule has 0 radical (unpaired) electrons. The predicted molar refractivity (Wildman–Crippen MR) is 116 cm³/mol. The molecule has 4 rings (SSSR count). The smallest absolute Gasteiger partial charge is 0.225 e. The van der Waals surface area contributed by atoms with Gasteiger partial charge < -0.3 is 15.0 Å². The molecule has 158 valence electrons. The second-order valence-corrected chi connectivity index (χ2v) is 8.41. The van der Waals surface area contributed by atoms with Crippen LogP contribution in [0.25, 0.3) is 0 Å². The van der Waals surface area contributed by atoms with E-state index in [4.69, 9.17) is 4.74 Å². The molecular weight excluding hydrogens is 376 g/mol. The molecule has 2 fully saturated rings. The standard InChI is InChI=1S/C25H30N2O3/c1-30-23-10-6-5-9-19(23)13-14-26-24(28)22-15-21(18-7-3-2-4-8-18)16-27(17-22)25(29)20-11-12-20/h2-10,20-22H,11-17H2,1H3,(H,26,28)/t21-,22-/m0/s1. The highest BCUT2D eigenvalue weighted by Crippen LogP contribution is 2.36. The third kappa shape index (κ3) is 4.84. The minimum atomic E-state index is -0.177. The predicted octanol–water partition coefficient (Wildman–Crippen LogP) is 3.40. The first-order valence-electron chi connectivity index (χ1n) is 10.9. The molecule has 0 unspecified atom stereocenters. The van der Waals surface area contributed by atoms with E-state index in [9.17, 15) is 9.59 Å². The van der Waals surface area contributed by atoms with E-state index in [-0.39, 0.29) is 29.6 Å². The molecule has 2 atom stereocenters. The Balaban J connectivity index is 1.40. The molecule has 0 aromatic heterocycles. The number of methoxy groups -OCH3 is 1. The summed E-state index contributed by atoms with van der Waals surface area (Å²) in [5, 5.41) is 3.10. The van der Waals surface area contributed by atoms with Gasteiger partial charge in [0.2, 0.25) is 11.8 Å². The summed E-state index contributed by atoms with van der Waals surface area (Å²) < 4.78 is 5.39. The van der Waals surface area contributed by atoms with Crippen LogP contribution >= 0.6 is 0 Å². The zero-order valence-electron chi connectivity index (χ0n) is 17.5. The lowest BCUT2D eigenvalue weighted by Crippen LogP contribution is -2.48. The minimum Gasteiger partial charge on any atom is -0.496 e. The van der Waals surface area contributed by atoms with Crippen LogP contribution in [-0.4, -0.2) is 43.5 Å². The molecule has 2 amide bonds. The van der Waals surface area contributed by atoms with Crippen molar-refractivity contribution in [3.8, 4) is 5.75 Å². The van der Waals surface area contributed by atoms with E-state index in [0.29, 0.717) is 19.6 Å². The Hall–Kier alpha value is -2.82. The number of benzene rings is 2. The number of para-hydroxylation sites is 1. The molecular formula is C25H30N2O3. The molecule has 1 heterocycles. The summed E-state index contributed by atoms with van der Waals surface area (Å²) in [6.07, 6.45) is 3.47. The van der Waals surface area contributed by atoms with Gasteiger partial charge in [-0.15, -0.1) is 0 Å². The first kappa shape index (κ1) is 20.5. The van der Waals surface area contributed by atoms with Crippen molar-refractivity contribution in [2.45, 2.75) is 31.6 Å². The molecule has 5 heteroatoms. The average Bonchev–Trinajstić information content (AvgIpc) is 3.64. The second-order valence-electron chi connectivity index (χ2n) is 8.41. The maximum Gasteiger partial charge on any atom is 0.225 e. The SMILES string of the molecule is COc1ccccc1CCNC(=O)[C@H]1C[C@H](c2ccccc2)CN(C(=O)C2CC2)C1. The lowest BCUT2D eigenvalue weighted by molar-refractivity contribution is -0.137. The van der Waals surface area contributed by atoms with Crippen molar-refractivity contribution in [3.63, 3.8) is 0 Å². The zero-order valence-corrected chi connectivity index (χ0v) is 17.5. The number of nitrogens with zero attached hydrogens (tertiary/aromatic N) is 1. The third-order valence-corrected chi connectivity index (χ3v) is 6.22. The number of nitrogens with one attached hydrogen (secondary N) is 1. The number of hydrogen-bond acceptors (Lipinski definition) is 3. The van der Waals surface area contributed by atoms with Gasteiger partial charge in [-0.2, -0.15) is 0 Å². The van der Waals surface area contributed by atoms with Crippen LogP contribution in [0.3, 0.4) is 0 Å². The molecule has 0 spiro atoms. The molecule has 1 N–H and O–H groups in total. The summed E-state index contributed by atoms with van der Waals surface area (Å²) >= 11 is 0. The lowest BCUT2D eigenvalue weighted by atomic mass is 9.84. The lowest BCUT2D eigenvalue weighted by Gasteiger charge is -2.37. The van der Waals surface area contributed by atoms with Crippen LogP contribution in [0.15, 0.2) is 54.6 Å². The average molecular weight is 407 g/mol. The summed E-state index contributed by atoms with van der Waals surface area (Å²) in [4.78, 5) is 27.7. The molecule has 2 aromatic carbocycles. The molecule has 30 heavy (non-hydrogen) atoms. The van der Waals surface area contributed by atoms with Crippen molar-refractivity contribution in [1.82, 2.24) is 10.2 Å². The van der Waals surface area contributed by atoms with Crippen molar-refractivity contribution >= 4 is 11.8 Å². The van der Waals surface area contributed by atoms with Crippen LogP contribution in [0, 0.1) is 11.8 Å². The number of rotatable bonds is 7. The van der Waals surface area contributed by atoms with E-state index in [0.717, 1.165) is 37.0 Å². The van der Waals surface area contributed by atoms with Gasteiger partial charge in [0.05, 0.1) is 13.0 Å². The van der Waals surface area contributed by atoms with Crippen molar-refractivity contribution in [3.05, 3.63) is 65.7 Å². The Labute approximate surface area is 178 Å². The summed E-state index contributed by atoms with van der Waals surface area (Å²) in [7, 11) is 1.66. The second kappa shape index (κ2) is 9.33. The summed E-state index contributed by atoms with van der Waals surface area (Å²) in [5.74, 6) is 1.31. The number of carbonyl (C=O) groups is 2. The summed E-state index contributed by atoms with van der Waals surface area (Å²) in [6.45, 7) is 1.80. The fraction of sp³-hybridized carbons (Fsp3) is 0.440. The highest BCUT2D eigenvalue weighted by molar-refractivity contribution is 5.83. The normalized spacial score (nSPS) is 21.2. The Morgan fingerprint density at radius 2 is 1.73 bits per heavy atom. The molecule has 1 aliphatic heterocycles. The van der Waals surface area contributed by atoms with Gasteiger partial charge >= 0.3 is 0 Å². The first-order valence-corrected chi connectivity index (χ1v) is 10.9. The number of carbonyl (C=O) groups excluding carboxylic acids is 2. The maximum atomic E-state index is 13.0. The van der Waals surface area contributed by atoms with E-state index >= 15 is 0 Å². The van der Waals surface area contributed by atoms with Gasteiger partial charge in [-0.05, 0) is 42.9 Å². The monoisotopic (exact) mass is 406 g/mol. The number of piperidine rings is 1. The number of ether oxygens (including phenoxy) is 1. The van der Waals surface area contributed by atoms with Crippen molar-refractivity contribution < 1.29 is 14.3 Å². The van der Waals surface area contributed by atoms with Gasteiger partial charge in [0.1, 0.15) is 5.75 Å². The maximum absolute atomic E-state index is 13.0. The van der Waals surface area contributed by atoms with E-state index in [2.05, 4.69) is 17.4 Å². The molecule has 2 aliphatic rings. The first-order chi connectivity index (χ1) is 14.7. The van der Waals surface area contributed by atoms with Gasteiger partial charge in [-0.25, -0.2) is 0 Å².